The third-order valence-electron chi connectivity index (χ3n) is 3.84. The van der Waals surface area contributed by atoms with Gasteiger partial charge in [-0.1, -0.05) is 39.8 Å². The van der Waals surface area contributed by atoms with E-state index in [-0.39, 0.29) is 11.0 Å². The molecule has 0 saturated carbocycles. The Balaban J connectivity index is 1.66. The van der Waals surface area contributed by atoms with E-state index < -0.39 is 10.0 Å². The van der Waals surface area contributed by atoms with E-state index >= 15 is 0 Å². The number of ketones is 1. The van der Waals surface area contributed by atoms with Crippen LogP contribution in [-0.4, -0.2) is 35.7 Å². The number of benzene rings is 2. The number of aromatic amines is 1. The van der Waals surface area contributed by atoms with Gasteiger partial charge >= 0.3 is 0 Å². The van der Waals surface area contributed by atoms with Gasteiger partial charge in [0.2, 0.25) is 10.0 Å². The maximum absolute atomic E-state index is 12.7. The molecule has 0 aliphatic carbocycles. The van der Waals surface area contributed by atoms with Gasteiger partial charge < -0.3 is 4.98 Å². The first-order valence-electron chi connectivity index (χ1n) is 8.31. The fourth-order valence-corrected chi connectivity index (χ4v) is 4.20. The smallest absolute Gasteiger partial charge is 0.229 e. The van der Waals surface area contributed by atoms with Crippen molar-refractivity contribution < 1.29 is 13.2 Å². The lowest BCUT2D eigenvalue weighted by Crippen LogP contribution is -2.14. The Morgan fingerprint density at radius 1 is 1.14 bits per heavy atom. The van der Waals surface area contributed by atoms with Crippen molar-refractivity contribution in [3.05, 3.63) is 64.8 Å². The molecule has 0 bridgehead atoms. The highest BCUT2D eigenvalue weighted by atomic mass is 79.9. The summed E-state index contributed by atoms with van der Waals surface area (Å²) in [6, 6.07) is 14.2. The van der Waals surface area contributed by atoms with Gasteiger partial charge in [0.1, 0.15) is 0 Å². The summed E-state index contributed by atoms with van der Waals surface area (Å²) in [6.45, 7) is 1.82. The molecule has 146 valence electrons. The fraction of sp³-hybridized carbons (Fsp3) is 0.158. The number of carbonyl (C=O) groups excluding carboxylic acids is 1. The van der Waals surface area contributed by atoms with Crippen LogP contribution in [0.4, 0.5) is 5.69 Å². The summed E-state index contributed by atoms with van der Waals surface area (Å²) in [4.78, 5) is 20.2. The summed E-state index contributed by atoms with van der Waals surface area (Å²) in [7, 11) is -3.34. The number of halogens is 1. The Morgan fingerprint density at radius 3 is 2.39 bits per heavy atom. The number of Topliss-reactive ketones (excluding diaryl/α,β-unsaturated/α-hetero) is 1. The van der Waals surface area contributed by atoms with E-state index in [2.05, 4.69) is 30.6 Å². The Labute approximate surface area is 176 Å². The first-order chi connectivity index (χ1) is 13.2. The monoisotopic (exact) mass is 479 g/mol. The minimum atomic E-state index is -3.34. The molecule has 3 aromatic rings. The highest BCUT2D eigenvalue weighted by Crippen LogP contribution is 2.27. The molecule has 0 radical (unpaired) electrons. The van der Waals surface area contributed by atoms with Gasteiger partial charge in [-0.2, -0.15) is 0 Å². The minimum absolute atomic E-state index is 0.0579. The Kier molecular flexibility index (Phi) is 6.26. The SMILES string of the molecule is CC(Sc1ncc(-c2ccc(Br)cc2)[nH]1)C(=O)c1ccc(NS(C)(=O)=O)cc1. The topological polar surface area (TPSA) is 91.9 Å². The number of anilines is 1. The average Bonchev–Trinajstić information content (AvgIpc) is 3.09. The van der Waals surface area contributed by atoms with Crippen LogP contribution in [0.5, 0.6) is 0 Å². The van der Waals surface area contributed by atoms with Gasteiger partial charge in [0.25, 0.3) is 0 Å². The molecule has 0 aliphatic rings. The predicted octanol–water partition coefficient (Wildman–Crippen LogP) is 4.57. The van der Waals surface area contributed by atoms with Crippen molar-refractivity contribution in [2.24, 2.45) is 0 Å². The molecular formula is C19H18BrN3O3S2. The lowest BCUT2D eigenvalue weighted by atomic mass is 10.1. The van der Waals surface area contributed by atoms with Crippen molar-refractivity contribution in [3.63, 3.8) is 0 Å². The molecule has 1 aromatic heterocycles. The van der Waals surface area contributed by atoms with Gasteiger partial charge in [-0.15, -0.1) is 0 Å². The summed E-state index contributed by atoms with van der Waals surface area (Å²) in [6.07, 6.45) is 2.82. The fourth-order valence-electron chi connectivity index (χ4n) is 2.51. The highest BCUT2D eigenvalue weighted by Gasteiger charge is 2.18. The number of hydrogen-bond acceptors (Lipinski definition) is 5. The number of hydrogen-bond donors (Lipinski definition) is 2. The van der Waals surface area contributed by atoms with Crippen LogP contribution < -0.4 is 4.72 Å². The van der Waals surface area contributed by atoms with Gasteiger partial charge in [-0.05, 0) is 48.9 Å². The molecule has 6 nitrogen and oxygen atoms in total. The van der Waals surface area contributed by atoms with E-state index in [4.69, 9.17) is 0 Å². The molecular weight excluding hydrogens is 462 g/mol. The van der Waals surface area contributed by atoms with E-state index in [1.807, 2.05) is 31.2 Å². The zero-order valence-electron chi connectivity index (χ0n) is 15.1. The molecule has 28 heavy (non-hydrogen) atoms. The summed E-state index contributed by atoms with van der Waals surface area (Å²) in [5, 5.41) is 0.312. The standard InChI is InChI=1S/C19H18BrN3O3S2/c1-12(18(24)14-5-9-16(10-6-14)23-28(2,25)26)27-19-21-11-17(22-19)13-3-7-15(20)8-4-13/h3-12,23H,1-2H3,(H,21,22). The van der Waals surface area contributed by atoms with Gasteiger partial charge in [0, 0.05) is 15.7 Å². The number of thioether (sulfide) groups is 1. The van der Waals surface area contributed by atoms with E-state index in [0.29, 0.717) is 16.4 Å². The van der Waals surface area contributed by atoms with E-state index in [0.717, 1.165) is 22.0 Å². The number of sulfonamides is 1. The first kappa shape index (κ1) is 20.6. The quantitative estimate of drug-likeness (QED) is 0.382. The Bertz CT molecular complexity index is 1080. The van der Waals surface area contributed by atoms with Crippen molar-refractivity contribution in [2.75, 3.05) is 11.0 Å². The second-order valence-electron chi connectivity index (χ2n) is 6.18. The van der Waals surface area contributed by atoms with Crippen LogP contribution >= 0.6 is 27.7 Å². The number of rotatable bonds is 7. The van der Waals surface area contributed by atoms with E-state index in [1.54, 1.807) is 30.5 Å². The van der Waals surface area contributed by atoms with E-state index in [9.17, 15) is 13.2 Å². The zero-order valence-corrected chi connectivity index (χ0v) is 18.4. The third-order valence-corrected chi connectivity index (χ3v) is 5.97. The highest BCUT2D eigenvalue weighted by molar-refractivity contribution is 9.10. The van der Waals surface area contributed by atoms with Crippen molar-refractivity contribution in [2.45, 2.75) is 17.3 Å². The summed E-state index contributed by atoms with van der Waals surface area (Å²) < 4.78 is 25.9. The molecule has 3 rings (SSSR count). The van der Waals surface area contributed by atoms with Gasteiger partial charge in [-0.3, -0.25) is 9.52 Å². The molecule has 1 heterocycles. The predicted molar refractivity (Wildman–Crippen MR) is 116 cm³/mol. The molecule has 2 aromatic carbocycles. The average molecular weight is 480 g/mol. The summed E-state index contributed by atoms with van der Waals surface area (Å²) in [5.74, 6) is -0.0579. The number of carbonyl (C=O) groups is 1. The minimum Gasteiger partial charge on any atom is -0.333 e. The third kappa shape index (κ3) is 5.46. The number of nitrogens with one attached hydrogen (secondary N) is 2. The van der Waals surface area contributed by atoms with Gasteiger partial charge in [0.05, 0.1) is 23.4 Å². The number of imidazole rings is 1. The zero-order chi connectivity index (χ0) is 20.3. The number of nitrogens with zero attached hydrogens (tertiary/aromatic N) is 1. The molecule has 0 amide bonds. The lowest BCUT2D eigenvalue weighted by Gasteiger charge is -2.09. The van der Waals surface area contributed by atoms with Crippen LogP contribution in [0.1, 0.15) is 17.3 Å². The van der Waals surface area contributed by atoms with Crippen molar-refractivity contribution >= 4 is 49.2 Å². The van der Waals surface area contributed by atoms with Crippen molar-refractivity contribution in [1.29, 1.82) is 0 Å². The molecule has 1 unspecified atom stereocenters. The molecule has 0 spiro atoms. The van der Waals surface area contributed by atoms with Crippen LogP contribution in [-0.2, 0) is 10.0 Å². The largest absolute Gasteiger partial charge is 0.333 e. The number of H-pyrrole nitrogens is 1. The van der Waals surface area contributed by atoms with Crippen LogP contribution in [0, 0.1) is 0 Å². The van der Waals surface area contributed by atoms with Crippen molar-refractivity contribution in [1.82, 2.24) is 9.97 Å². The molecule has 1 atom stereocenters. The molecule has 0 saturated heterocycles. The van der Waals surface area contributed by atoms with Gasteiger partial charge in [0.15, 0.2) is 10.9 Å². The van der Waals surface area contributed by atoms with Gasteiger partial charge in [-0.25, -0.2) is 13.4 Å². The Morgan fingerprint density at radius 2 is 1.79 bits per heavy atom. The second-order valence-corrected chi connectivity index (χ2v) is 10.2. The second kappa shape index (κ2) is 8.50. The van der Waals surface area contributed by atoms with Crippen LogP contribution in [0.2, 0.25) is 0 Å². The maximum Gasteiger partial charge on any atom is 0.229 e. The maximum atomic E-state index is 12.7. The molecule has 0 aliphatic heterocycles. The summed E-state index contributed by atoms with van der Waals surface area (Å²) >= 11 is 4.75. The van der Waals surface area contributed by atoms with Crippen LogP contribution in [0.15, 0.2) is 64.4 Å². The molecule has 9 heteroatoms. The normalized spacial score (nSPS) is 12.5. The van der Waals surface area contributed by atoms with Crippen molar-refractivity contribution in [3.8, 4) is 11.3 Å². The van der Waals surface area contributed by atoms with Crippen LogP contribution in [0.25, 0.3) is 11.3 Å². The molecule has 0 fully saturated rings. The lowest BCUT2D eigenvalue weighted by molar-refractivity contribution is 0.0994. The molecule has 2 N–H and O–H groups in total. The first-order valence-corrected chi connectivity index (χ1v) is 11.9. The summed E-state index contributed by atoms with van der Waals surface area (Å²) in [5.41, 5.74) is 2.82. The van der Waals surface area contributed by atoms with Crippen LogP contribution in [0.3, 0.4) is 0 Å². The van der Waals surface area contributed by atoms with E-state index in [1.165, 1.54) is 11.8 Å². The Hall–Kier alpha value is -2.10. The number of aromatic nitrogens is 2.